The van der Waals surface area contributed by atoms with Crippen molar-refractivity contribution in [1.29, 1.82) is 0 Å². The quantitative estimate of drug-likeness (QED) is 0.596. The van der Waals surface area contributed by atoms with Crippen LogP contribution in [0.3, 0.4) is 0 Å². The summed E-state index contributed by atoms with van der Waals surface area (Å²) in [5, 5.41) is 1.12. The van der Waals surface area contributed by atoms with E-state index < -0.39 is 0 Å². The summed E-state index contributed by atoms with van der Waals surface area (Å²) in [5.74, 6) is 1.93. The van der Waals surface area contributed by atoms with Gasteiger partial charge in [-0.25, -0.2) is 9.78 Å². The number of hydrogen-bond acceptors (Lipinski definition) is 4. The normalized spacial score (nSPS) is 22.5. The molecule has 2 fully saturated rings. The predicted molar refractivity (Wildman–Crippen MR) is 113 cm³/mol. The number of ether oxygens (including phenoxy) is 1. The molecule has 0 radical (unpaired) electrons. The highest BCUT2D eigenvalue weighted by Crippen LogP contribution is 2.37. The average molecular weight is 397 g/mol. The summed E-state index contributed by atoms with van der Waals surface area (Å²) in [4.78, 5) is 19.9. The summed E-state index contributed by atoms with van der Waals surface area (Å²) in [6.45, 7) is 1.10. The van der Waals surface area contributed by atoms with Gasteiger partial charge >= 0.3 is 6.09 Å². The van der Waals surface area contributed by atoms with Gasteiger partial charge in [0.2, 0.25) is 0 Å². The minimum atomic E-state index is -0.249. The van der Waals surface area contributed by atoms with Crippen molar-refractivity contribution in [2.45, 2.75) is 57.8 Å². The number of thiazole rings is 1. The molecule has 0 bridgehead atoms. The monoisotopic (exact) mass is 396 g/mol. The van der Waals surface area contributed by atoms with E-state index in [1.165, 1.54) is 61.9 Å². The minimum absolute atomic E-state index is 0.249. The van der Waals surface area contributed by atoms with E-state index >= 15 is 0 Å². The van der Waals surface area contributed by atoms with Crippen LogP contribution in [0.5, 0.6) is 0 Å². The Labute approximate surface area is 170 Å². The van der Waals surface area contributed by atoms with Gasteiger partial charge in [0.25, 0.3) is 0 Å². The number of aromatic nitrogens is 1. The van der Waals surface area contributed by atoms with Crippen molar-refractivity contribution in [2.75, 3.05) is 18.1 Å². The predicted octanol–water partition coefficient (Wildman–Crippen LogP) is 5.84. The molecule has 5 heteroatoms. The number of hydrogen-bond donors (Lipinski definition) is 0. The largest absolute Gasteiger partial charge is 0.447 e. The molecule has 0 spiro atoms. The van der Waals surface area contributed by atoms with Gasteiger partial charge < -0.3 is 4.74 Å². The molecule has 4 nitrogen and oxygen atoms in total. The first-order chi connectivity index (χ1) is 13.8. The highest BCUT2D eigenvalue weighted by atomic mass is 32.1. The van der Waals surface area contributed by atoms with E-state index in [-0.39, 0.29) is 6.09 Å². The zero-order valence-electron chi connectivity index (χ0n) is 16.4. The Morgan fingerprint density at radius 2 is 1.79 bits per heavy atom. The van der Waals surface area contributed by atoms with E-state index in [0.717, 1.165) is 34.5 Å². The van der Waals surface area contributed by atoms with E-state index in [1.807, 2.05) is 23.5 Å². The average Bonchev–Trinajstić information content (AvgIpc) is 3.24. The van der Waals surface area contributed by atoms with Gasteiger partial charge in [0.1, 0.15) is 11.6 Å². The highest BCUT2D eigenvalue weighted by Gasteiger charge is 2.25. The first kappa shape index (κ1) is 18.2. The molecule has 1 saturated carbocycles. The molecular formula is C23H28N2O2S. The number of fused-ring (bicyclic) bond motifs is 1. The van der Waals surface area contributed by atoms with Crippen molar-refractivity contribution in [3.05, 3.63) is 34.8 Å². The molecular weight excluding hydrogens is 368 g/mol. The number of amides is 1. The first-order valence-corrected chi connectivity index (χ1v) is 11.6. The number of nitrogens with zero attached hydrogens (tertiary/aromatic N) is 2. The van der Waals surface area contributed by atoms with Crippen molar-refractivity contribution < 1.29 is 9.53 Å². The zero-order valence-corrected chi connectivity index (χ0v) is 17.2. The molecule has 5 rings (SSSR count). The summed E-state index contributed by atoms with van der Waals surface area (Å²) < 4.78 is 5.03. The standard InChI is InChI=1S/C23H28N2O2S/c26-23-25(14-15-27-23)19-10-8-18(9-11-19)22-24-20-12-6-17(7-13-21(20)28-22)5-4-16-2-1-3-16/h8-11,16-17H,1-7,12-15H2. The van der Waals surface area contributed by atoms with E-state index in [1.54, 1.807) is 4.90 Å². The fourth-order valence-corrected chi connectivity index (χ4v) is 5.80. The van der Waals surface area contributed by atoms with Gasteiger partial charge in [-0.3, -0.25) is 4.90 Å². The van der Waals surface area contributed by atoms with Crippen LogP contribution in [0.15, 0.2) is 24.3 Å². The smallest absolute Gasteiger partial charge is 0.414 e. The lowest BCUT2D eigenvalue weighted by Crippen LogP contribution is -2.23. The summed E-state index contributed by atoms with van der Waals surface area (Å²) in [6, 6.07) is 8.18. The fourth-order valence-electron chi connectivity index (χ4n) is 4.67. The summed E-state index contributed by atoms with van der Waals surface area (Å²) >= 11 is 1.87. The topological polar surface area (TPSA) is 42.4 Å². The molecule has 1 saturated heterocycles. The fraction of sp³-hybridized carbons (Fsp3) is 0.565. The molecule has 28 heavy (non-hydrogen) atoms. The number of carbonyl (C=O) groups excluding carboxylic acids is 1. The molecule has 2 heterocycles. The van der Waals surface area contributed by atoms with Crippen LogP contribution in [0, 0.1) is 11.8 Å². The number of cyclic esters (lactones) is 1. The third-order valence-electron chi connectivity index (χ3n) is 6.74. The second kappa shape index (κ2) is 7.86. The molecule has 1 aromatic carbocycles. The molecule has 1 amide bonds. The molecule has 3 aliphatic rings. The van der Waals surface area contributed by atoms with Crippen molar-refractivity contribution in [3.63, 3.8) is 0 Å². The van der Waals surface area contributed by atoms with Gasteiger partial charge in [-0.2, -0.15) is 0 Å². The van der Waals surface area contributed by atoms with Crippen LogP contribution in [-0.2, 0) is 17.6 Å². The molecule has 2 aromatic rings. The van der Waals surface area contributed by atoms with Crippen LogP contribution in [0.2, 0.25) is 0 Å². The lowest BCUT2D eigenvalue weighted by Gasteiger charge is -2.27. The maximum atomic E-state index is 11.7. The Hall–Kier alpha value is -1.88. The Morgan fingerprint density at radius 1 is 1.04 bits per heavy atom. The maximum absolute atomic E-state index is 11.7. The Balaban J connectivity index is 1.23. The van der Waals surface area contributed by atoms with Crippen LogP contribution in [-0.4, -0.2) is 24.2 Å². The number of anilines is 1. The van der Waals surface area contributed by atoms with Crippen LogP contribution in [0.25, 0.3) is 10.6 Å². The molecule has 148 valence electrons. The van der Waals surface area contributed by atoms with Gasteiger partial charge in [0, 0.05) is 16.1 Å². The van der Waals surface area contributed by atoms with Crippen LogP contribution >= 0.6 is 11.3 Å². The van der Waals surface area contributed by atoms with E-state index in [4.69, 9.17) is 9.72 Å². The van der Waals surface area contributed by atoms with Crippen molar-refractivity contribution in [1.82, 2.24) is 4.98 Å². The number of rotatable bonds is 5. The number of aryl methyl sites for hydroxylation is 2. The van der Waals surface area contributed by atoms with Crippen molar-refractivity contribution in [3.8, 4) is 10.6 Å². The molecule has 0 N–H and O–H groups in total. The van der Waals surface area contributed by atoms with Gasteiger partial charge in [-0.05, 0) is 61.8 Å². The maximum Gasteiger partial charge on any atom is 0.414 e. The number of carbonyl (C=O) groups is 1. The molecule has 1 unspecified atom stereocenters. The third kappa shape index (κ3) is 3.69. The van der Waals surface area contributed by atoms with Gasteiger partial charge in [0.15, 0.2) is 0 Å². The number of benzene rings is 1. The molecule has 2 aliphatic carbocycles. The second-order valence-corrected chi connectivity index (χ2v) is 9.60. The van der Waals surface area contributed by atoms with Crippen molar-refractivity contribution >= 4 is 23.1 Å². The Bertz CT molecular complexity index is 815. The van der Waals surface area contributed by atoms with E-state index in [9.17, 15) is 4.79 Å². The lowest BCUT2D eigenvalue weighted by molar-refractivity contribution is 0.181. The second-order valence-electron chi connectivity index (χ2n) is 8.52. The third-order valence-corrected chi connectivity index (χ3v) is 7.95. The van der Waals surface area contributed by atoms with Crippen LogP contribution < -0.4 is 4.90 Å². The van der Waals surface area contributed by atoms with E-state index in [2.05, 4.69) is 12.1 Å². The van der Waals surface area contributed by atoms with Gasteiger partial charge in [-0.15, -0.1) is 11.3 Å². The van der Waals surface area contributed by atoms with E-state index in [0.29, 0.717) is 13.2 Å². The molecule has 1 atom stereocenters. The van der Waals surface area contributed by atoms with Crippen molar-refractivity contribution in [2.24, 2.45) is 11.8 Å². The van der Waals surface area contributed by atoms with Crippen LogP contribution in [0.4, 0.5) is 10.5 Å². The first-order valence-electron chi connectivity index (χ1n) is 10.8. The SMILES string of the molecule is O=C1OCCN1c1ccc(-c2nc3c(s2)CCC(CCC2CCC2)CC3)cc1. The minimum Gasteiger partial charge on any atom is -0.447 e. The summed E-state index contributed by atoms with van der Waals surface area (Å²) in [6.07, 6.45) is 12.0. The summed E-state index contributed by atoms with van der Waals surface area (Å²) in [5.41, 5.74) is 3.38. The highest BCUT2D eigenvalue weighted by molar-refractivity contribution is 7.15. The zero-order chi connectivity index (χ0) is 18.9. The Kier molecular flexibility index (Phi) is 5.10. The Morgan fingerprint density at radius 3 is 2.46 bits per heavy atom. The lowest BCUT2D eigenvalue weighted by atomic mass is 9.79. The molecule has 1 aromatic heterocycles. The summed E-state index contributed by atoms with van der Waals surface area (Å²) in [7, 11) is 0. The van der Waals surface area contributed by atoms with Crippen LogP contribution in [0.1, 0.15) is 55.5 Å². The van der Waals surface area contributed by atoms with Gasteiger partial charge in [-0.1, -0.05) is 32.1 Å². The molecule has 1 aliphatic heterocycles. The van der Waals surface area contributed by atoms with Gasteiger partial charge in [0.05, 0.1) is 12.2 Å².